The van der Waals surface area contributed by atoms with E-state index in [1.807, 2.05) is 7.05 Å². The molecule has 1 saturated heterocycles. The van der Waals surface area contributed by atoms with Crippen molar-refractivity contribution in [3.63, 3.8) is 0 Å². The quantitative estimate of drug-likeness (QED) is 0.308. The molecule has 2 aromatic heterocycles. The molecule has 37 heavy (non-hydrogen) atoms. The minimum atomic E-state index is -1.23. The third-order valence-corrected chi connectivity index (χ3v) is 8.11. The molecule has 0 spiro atoms. The lowest BCUT2D eigenvalue weighted by Gasteiger charge is -2.44. The van der Waals surface area contributed by atoms with Gasteiger partial charge in [-0.3, -0.25) is 14.4 Å². The molecule has 13 heteroatoms. The Kier molecular flexibility index (Phi) is 8.10. The summed E-state index contributed by atoms with van der Waals surface area (Å²) in [6.45, 7) is 2.38. The van der Waals surface area contributed by atoms with Crippen molar-refractivity contribution in [1.29, 1.82) is 0 Å². The summed E-state index contributed by atoms with van der Waals surface area (Å²) >= 11 is 7.40. The third-order valence-electron chi connectivity index (χ3n) is 6.80. The summed E-state index contributed by atoms with van der Waals surface area (Å²) in [7, 11) is 2.02. The number of nitrogens with zero attached hydrogens (tertiary/aromatic N) is 2. The summed E-state index contributed by atoms with van der Waals surface area (Å²) in [5, 5.41) is 20.5. The van der Waals surface area contributed by atoms with Crippen LogP contribution in [-0.2, 0) is 17.8 Å². The van der Waals surface area contributed by atoms with Crippen molar-refractivity contribution in [2.45, 2.75) is 37.4 Å². The van der Waals surface area contributed by atoms with Gasteiger partial charge in [-0.15, -0.1) is 23.7 Å². The van der Waals surface area contributed by atoms with Crippen molar-refractivity contribution in [2.75, 3.05) is 26.7 Å². The number of hydrogen-bond acceptors (Lipinski definition) is 7. The third kappa shape index (κ3) is 5.75. The van der Waals surface area contributed by atoms with Gasteiger partial charge in [-0.1, -0.05) is 11.6 Å². The van der Waals surface area contributed by atoms with E-state index in [9.17, 15) is 19.5 Å². The Morgan fingerprint density at radius 3 is 2.89 bits per heavy atom. The molecule has 1 aromatic carbocycles. The zero-order valence-corrected chi connectivity index (χ0v) is 22.5. The van der Waals surface area contributed by atoms with Crippen LogP contribution in [0.2, 0.25) is 5.02 Å². The minimum absolute atomic E-state index is 0. The molecule has 2 atom stereocenters. The number of piperidine rings is 1. The van der Waals surface area contributed by atoms with Crippen LogP contribution in [0.1, 0.15) is 43.7 Å². The van der Waals surface area contributed by atoms with E-state index in [4.69, 9.17) is 11.6 Å². The van der Waals surface area contributed by atoms with E-state index in [0.29, 0.717) is 28.7 Å². The van der Waals surface area contributed by atoms with Gasteiger partial charge in [-0.2, -0.15) is 0 Å². The number of halogens is 2. The number of benzene rings is 1. The smallest absolute Gasteiger partial charge is 0.305 e. The number of amides is 2. The van der Waals surface area contributed by atoms with Crippen molar-refractivity contribution >= 4 is 64.0 Å². The molecule has 2 aliphatic heterocycles. The van der Waals surface area contributed by atoms with Crippen LogP contribution in [0.5, 0.6) is 0 Å². The van der Waals surface area contributed by atoms with E-state index in [-0.39, 0.29) is 31.3 Å². The fourth-order valence-electron chi connectivity index (χ4n) is 4.96. The van der Waals surface area contributed by atoms with Gasteiger partial charge in [0.05, 0.1) is 23.7 Å². The van der Waals surface area contributed by atoms with Gasteiger partial charge in [0.15, 0.2) is 5.01 Å². The summed E-state index contributed by atoms with van der Waals surface area (Å²) in [6, 6.07) is 6.37. The molecule has 0 radical (unpaired) electrons. The van der Waals surface area contributed by atoms with Crippen LogP contribution in [0, 0.1) is 0 Å². The summed E-state index contributed by atoms with van der Waals surface area (Å²) in [5.74, 6) is -1.88. The average molecular weight is 567 g/mol. The molecule has 0 unspecified atom stereocenters. The molecule has 0 saturated carbocycles. The maximum Gasteiger partial charge on any atom is 0.305 e. The highest BCUT2D eigenvalue weighted by Gasteiger charge is 2.45. The number of carbonyl (C=O) groups is 3. The Bertz CT molecular complexity index is 1340. The Hall–Kier alpha value is -2.70. The predicted octanol–water partition coefficient (Wildman–Crippen LogP) is 2.42. The van der Waals surface area contributed by atoms with Crippen LogP contribution < -0.4 is 16.0 Å². The number of aromatic amines is 1. The monoisotopic (exact) mass is 566 g/mol. The van der Waals surface area contributed by atoms with Crippen molar-refractivity contribution < 1.29 is 19.5 Å². The second-order valence-corrected chi connectivity index (χ2v) is 11.0. The SMILES string of the molecule is CN1CCc2nc(C(=O)N[C@]3(CC(=O)O)CNCC[C@@H]3NC(=O)c3cc4cc(Cl)ccc4[nH]3)sc2C1.Cl. The largest absolute Gasteiger partial charge is 0.481 e. The van der Waals surface area contributed by atoms with Gasteiger partial charge in [-0.05, 0) is 44.3 Å². The number of carbonyl (C=O) groups excluding carboxylic acids is 2. The average Bonchev–Trinajstić information content (AvgIpc) is 3.43. The number of fused-ring (bicyclic) bond motifs is 2. The number of rotatable bonds is 6. The van der Waals surface area contributed by atoms with Crippen molar-refractivity contribution in [3.8, 4) is 0 Å². The first-order valence-corrected chi connectivity index (χ1v) is 12.9. The number of nitrogens with one attached hydrogen (secondary N) is 4. The van der Waals surface area contributed by atoms with Gasteiger partial charge >= 0.3 is 5.97 Å². The number of thiazole rings is 1. The van der Waals surface area contributed by atoms with Crippen molar-refractivity contribution in [2.24, 2.45) is 0 Å². The van der Waals surface area contributed by atoms with Gasteiger partial charge in [0.1, 0.15) is 5.69 Å². The highest BCUT2D eigenvalue weighted by atomic mass is 35.5. The normalized spacial score (nSPS) is 21.6. The summed E-state index contributed by atoms with van der Waals surface area (Å²) in [4.78, 5) is 49.2. The fourth-order valence-corrected chi connectivity index (χ4v) is 6.22. The molecular formula is C24H28Cl2N6O4S. The number of carboxylic acids is 1. The summed E-state index contributed by atoms with van der Waals surface area (Å²) in [6.07, 6.45) is 0.864. The van der Waals surface area contributed by atoms with Crippen LogP contribution in [-0.4, -0.2) is 76.0 Å². The lowest BCUT2D eigenvalue weighted by molar-refractivity contribution is -0.139. The molecule has 0 bridgehead atoms. The van der Waals surface area contributed by atoms with Crippen LogP contribution >= 0.6 is 35.3 Å². The predicted molar refractivity (Wildman–Crippen MR) is 144 cm³/mol. The molecule has 5 rings (SSSR count). The molecule has 5 N–H and O–H groups in total. The first-order chi connectivity index (χ1) is 17.2. The second kappa shape index (κ2) is 11.0. The van der Waals surface area contributed by atoms with Gasteiger partial charge in [0, 0.05) is 46.9 Å². The van der Waals surface area contributed by atoms with Gasteiger partial charge < -0.3 is 30.9 Å². The Morgan fingerprint density at radius 1 is 1.30 bits per heavy atom. The van der Waals surface area contributed by atoms with E-state index in [0.717, 1.165) is 41.0 Å². The number of aliphatic carboxylic acids is 1. The molecule has 0 aliphatic carbocycles. The fraction of sp³-hybridized carbons (Fsp3) is 0.417. The molecule has 3 aromatic rings. The van der Waals surface area contributed by atoms with Crippen LogP contribution in [0.25, 0.3) is 10.9 Å². The second-order valence-electron chi connectivity index (χ2n) is 9.46. The number of carboxylic acid groups (broad SMARTS) is 1. The lowest BCUT2D eigenvalue weighted by Crippen LogP contribution is -2.70. The number of hydrogen-bond donors (Lipinski definition) is 5. The van der Waals surface area contributed by atoms with E-state index in [1.165, 1.54) is 11.3 Å². The zero-order chi connectivity index (χ0) is 25.4. The number of aromatic nitrogens is 2. The molecule has 2 aliphatic rings. The van der Waals surface area contributed by atoms with Crippen molar-refractivity contribution in [3.05, 3.63) is 50.6 Å². The Labute approximate surface area is 228 Å². The zero-order valence-electron chi connectivity index (χ0n) is 20.1. The van der Waals surface area contributed by atoms with Crippen LogP contribution in [0.3, 0.4) is 0 Å². The number of H-pyrrole nitrogens is 1. The Morgan fingerprint density at radius 2 is 2.11 bits per heavy atom. The van der Waals surface area contributed by atoms with E-state index >= 15 is 0 Å². The highest BCUT2D eigenvalue weighted by Crippen LogP contribution is 2.27. The molecular weight excluding hydrogens is 539 g/mol. The molecule has 4 heterocycles. The topological polar surface area (TPSA) is 139 Å². The lowest BCUT2D eigenvalue weighted by atomic mass is 9.81. The summed E-state index contributed by atoms with van der Waals surface area (Å²) in [5.41, 5.74) is 0.784. The standard InChI is InChI=1S/C24H27ClN6O4S.ClH/c1-31-7-5-16-18(11-31)36-23(28-16)22(35)30-24(10-20(32)33)12-26-6-4-19(24)29-21(34)17-9-13-8-14(25)2-3-15(13)27-17;/h2-3,8-9,19,26-27H,4-7,10-12H2,1H3,(H,29,34)(H,30,35)(H,32,33);1H/t19-,24+;/m0./s1. The minimum Gasteiger partial charge on any atom is -0.481 e. The van der Waals surface area contributed by atoms with E-state index in [1.54, 1.807) is 24.3 Å². The maximum atomic E-state index is 13.3. The van der Waals surface area contributed by atoms with Gasteiger partial charge in [0.2, 0.25) is 0 Å². The summed E-state index contributed by atoms with van der Waals surface area (Å²) < 4.78 is 0. The van der Waals surface area contributed by atoms with Crippen LogP contribution in [0.4, 0.5) is 0 Å². The van der Waals surface area contributed by atoms with Gasteiger partial charge in [0.25, 0.3) is 11.8 Å². The van der Waals surface area contributed by atoms with Crippen LogP contribution in [0.15, 0.2) is 24.3 Å². The first kappa shape index (κ1) is 27.3. The highest BCUT2D eigenvalue weighted by molar-refractivity contribution is 7.13. The Balaban J connectivity index is 0.00000320. The maximum absolute atomic E-state index is 13.3. The first-order valence-electron chi connectivity index (χ1n) is 11.7. The molecule has 198 valence electrons. The molecule has 2 amide bonds. The molecule has 10 nitrogen and oxygen atoms in total. The van der Waals surface area contributed by atoms with Crippen molar-refractivity contribution in [1.82, 2.24) is 30.8 Å². The van der Waals surface area contributed by atoms with Gasteiger partial charge in [-0.25, -0.2) is 4.98 Å². The van der Waals surface area contributed by atoms with E-state index in [2.05, 4.69) is 30.8 Å². The molecule has 1 fully saturated rings. The number of likely N-dealkylation sites (N-methyl/N-ethyl adjacent to an activating group) is 1. The van der Waals surface area contributed by atoms with E-state index < -0.39 is 23.5 Å².